The van der Waals surface area contributed by atoms with Crippen LogP contribution >= 0.6 is 0 Å². The molecule has 0 saturated carbocycles. The lowest BCUT2D eigenvalue weighted by Crippen LogP contribution is -2.43. The zero-order chi connectivity index (χ0) is 84.7. The molecule has 28 heteroatoms. The predicted octanol–water partition coefficient (Wildman–Crippen LogP) is 17.3. The van der Waals surface area contributed by atoms with Crippen molar-refractivity contribution in [2.45, 2.75) is 39.0 Å². The van der Waals surface area contributed by atoms with Crippen molar-refractivity contribution in [3.8, 4) is 66.8 Å². The molecular weight excluding hydrogens is 1560 g/mol. The van der Waals surface area contributed by atoms with Gasteiger partial charge in [-0.1, -0.05) is 98.3 Å². The molecule has 16 rings (SSSR count). The zero-order valence-corrected chi connectivity index (χ0v) is 67.6. The number of halogens is 6. The SMILES string of the molecule is CCCCc1cccc(-c2ccc(NC(=O)Nc3ccc(-c4cccc(CCCN)c4)cc3F)c(F)c2)c1.O=C(Nc1ccc(-c2ccc(N3CCNCC3)nc2)cc1F)Nc1ccc(-c2ccc(N3CCNCC3)nc2)cc1F.O=C(Nc1ccc(-c2ccnc(N3CCNCC3)c2)cc1F)Nc1ccc(-c2ccnc(N3CCNCC3)c2)cc1F. The topological polar surface area (TPSA) is 262 Å². The maximum atomic E-state index is 15.0. The van der Waals surface area contributed by atoms with Gasteiger partial charge in [0.05, 0.1) is 34.1 Å². The first kappa shape index (κ1) is 85.2. The smallest absolute Gasteiger partial charge is 0.323 e. The number of rotatable bonds is 22. The van der Waals surface area contributed by atoms with Crippen LogP contribution < -0.4 is 78.5 Å². The summed E-state index contributed by atoms with van der Waals surface area (Å²) in [5, 5.41) is 28.1. The van der Waals surface area contributed by atoms with Crippen LogP contribution in [-0.4, -0.2) is 149 Å². The summed E-state index contributed by atoms with van der Waals surface area (Å²) in [4.78, 5) is 64.5. The molecule has 4 saturated heterocycles. The van der Waals surface area contributed by atoms with Crippen molar-refractivity contribution in [1.82, 2.24) is 41.2 Å². The molecule has 0 radical (unpaired) electrons. The number of piperazine rings is 4. The van der Waals surface area contributed by atoms with Crippen molar-refractivity contribution in [2.75, 3.05) is 163 Å². The van der Waals surface area contributed by atoms with Gasteiger partial charge < -0.3 is 78.5 Å². The first-order valence-corrected chi connectivity index (χ1v) is 41.1. The second-order valence-electron chi connectivity index (χ2n) is 29.9. The highest BCUT2D eigenvalue weighted by atomic mass is 19.1. The summed E-state index contributed by atoms with van der Waals surface area (Å²) in [5.41, 5.74) is 16.9. The Balaban J connectivity index is 0.000000150. The van der Waals surface area contributed by atoms with Gasteiger partial charge in [-0.3, -0.25) is 0 Å². The van der Waals surface area contributed by atoms with Gasteiger partial charge in [-0.15, -0.1) is 0 Å². The van der Waals surface area contributed by atoms with Gasteiger partial charge >= 0.3 is 18.1 Å². The van der Waals surface area contributed by atoms with Crippen molar-refractivity contribution in [1.29, 1.82) is 0 Å². The number of nitrogens with two attached hydrogens (primary N) is 1. The van der Waals surface area contributed by atoms with Crippen molar-refractivity contribution >= 4 is 75.5 Å². The van der Waals surface area contributed by atoms with E-state index in [1.807, 2.05) is 84.9 Å². The lowest BCUT2D eigenvalue weighted by Gasteiger charge is -2.28. The van der Waals surface area contributed by atoms with E-state index in [-0.39, 0.29) is 34.1 Å². The Bertz CT molecular complexity index is 5260. The van der Waals surface area contributed by atoms with Gasteiger partial charge in [0, 0.05) is 141 Å². The summed E-state index contributed by atoms with van der Waals surface area (Å²) in [6, 6.07) is 56.4. The first-order chi connectivity index (χ1) is 59.5. The third-order valence-corrected chi connectivity index (χ3v) is 21.4. The van der Waals surface area contributed by atoms with Crippen molar-refractivity contribution in [3.63, 3.8) is 0 Å². The van der Waals surface area contributed by atoms with E-state index in [9.17, 15) is 31.9 Å². The number of unbranched alkanes of at least 4 members (excludes halogenated alkanes) is 1. The largest absolute Gasteiger partial charge is 0.354 e. The fourth-order valence-electron chi connectivity index (χ4n) is 14.7. The Labute approximate surface area is 705 Å². The van der Waals surface area contributed by atoms with E-state index in [0.29, 0.717) is 34.4 Å². The molecule has 8 heterocycles. The quantitative estimate of drug-likeness (QED) is 0.0282. The Morgan fingerprint density at radius 3 is 0.844 bits per heavy atom. The number of hydrogen-bond donors (Lipinski definition) is 11. The van der Waals surface area contributed by atoms with Gasteiger partial charge in [0.15, 0.2) is 0 Å². The summed E-state index contributed by atoms with van der Waals surface area (Å²) in [6.07, 6.45) is 11.8. The molecule has 22 nitrogen and oxygen atoms in total. The van der Waals surface area contributed by atoms with Crippen LogP contribution in [0.4, 0.5) is 98.1 Å². The van der Waals surface area contributed by atoms with Crippen molar-refractivity contribution in [2.24, 2.45) is 5.73 Å². The predicted molar refractivity (Wildman–Crippen MR) is 476 cm³/mol. The summed E-state index contributed by atoms with van der Waals surface area (Å²) in [6.45, 7) is 17.0. The highest BCUT2D eigenvalue weighted by Gasteiger charge is 2.22. The van der Waals surface area contributed by atoms with Gasteiger partial charge in [-0.05, 0) is 220 Å². The number of amides is 6. The van der Waals surface area contributed by atoms with Gasteiger partial charge in [-0.2, -0.15) is 0 Å². The van der Waals surface area contributed by atoms with Crippen LogP contribution in [0.25, 0.3) is 66.8 Å². The number of carbonyl (C=O) groups is 3. The minimum atomic E-state index is -0.752. The number of hydrogen-bond acceptors (Lipinski definition) is 16. The maximum Gasteiger partial charge on any atom is 0.323 e. The number of nitrogens with one attached hydrogen (secondary N) is 10. The molecule has 0 bridgehead atoms. The number of carbonyl (C=O) groups excluding carboxylic acids is 3. The third-order valence-electron chi connectivity index (χ3n) is 21.4. The van der Waals surface area contributed by atoms with E-state index < -0.39 is 53.0 Å². The number of aromatic nitrogens is 4. The lowest BCUT2D eigenvalue weighted by atomic mass is 10.00. The molecule has 4 aromatic heterocycles. The number of pyridine rings is 4. The Morgan fingerprint density at radius 2 is 0.574 bits per heavy atom. The van der Waals surface area contributed by atoms with Crippen LogP contribution in [0.15, 0.2) is 231 Å². The number of nitrogens with zero attached hydrogens (tertiary/aromatic N) is 8. The number of benzene rings is 8. The van der Waals surface area contributed by atoms with E-state index in [1.54, 1.807) is 61.2 Å². The van der Waals surface area contributed by atoms with Crippen molar-refractivity contribution < 1.29 is 40.7 Å². The van der Waals surface area contributed by atoms with Gasteiger partial charge in [0.2, 0.25) is 0 Å². The van der Waals surface area contributed by atoms with Crippen LogP contribution in [0, 0.1) is 34.9 Å². The Kier molecular flexibility index (Phi) is 29.1. The summed E-state index contributed by atoms with van der Waals surface area (Å²) >= 11 is 0. The molecule has 12 N–H and O–H groups in total. The molecule has 4 fully saturated rings. The van der Waals surface area contributed by atoms with Crippen LogP contribution in [0.1, 0.15) is 37.3 Å². The fraction of sp³-hybridized carbons (Fsp3) is 0.245. The standard InChI is InChI=1S/C32H33F2N3O.2C31H32F2N8O/c1-2-3-7-22-8-4-11-24(18-22)26-13-15-30(28(33)20-26)36-32(38)37-31-16-14-27(21-29(31)34)25-12-5-9-23(19-25)10-6-17-35;32-25-17-21(23-3-7-29(36-19-23)40-13-9-34-10-14-40)1-5-27(25)38-31(42)39-28-6-2-22(18-26(28)33)24-4-8-30(37-20-24)41-15-11-35-12-16-41;32-25-17-21(23-5-7-36-29(19-23)40-13-9-34-10-14-40)1-3-27(25)38-31(42)39-28-4-2-22(18-26(28)33)24-6-8-37-30(20-24)41-15-11-35-12-16-41/h4-5,8-9,11-16,18-21H,2-3,6-7,10,17,35H2,1H3,(H2,36,37,38);2*1-8,17-20,34-35H,9-16H2,(H2,38,39,42). The fourth-order valence-corrected chi connectivity index (χ4v) is 14.7. The van der Waals surface area contributed by atoms with Gasteiger partial charge in [0.25, 0.3) is 0 Å². The molecule has 0 spiro atoms. The molecule has 12 aromatic rings. The lowest BCUT2D eigenvalue weighted by molar-refractivity contribution is 0.261. The van der Waals surface area contributed by atoms with E-state index in [0.717, 1.165) is 205 Å². The molecule has 122 heavy (non-hydrogen) atoms. The average molecular weight is 1650 g/mol. The van der Waals surface area contributed by atoms with E-state index in [1.165, 1.54) is 78.4 Å². The first-order valence-electron chi connectivity index (χ1n) is 41.1. The highest BCUT2D eigenvalue weighted by molar-refractivity contribution is 6.02. The van der Waals surface area contributed by atoms with Crippen LogP contribution in [0.2, 0.25) is 0 Å². The third kappa shape index (κ3) is 22.8. The molecule has 6 amide bonds. The second-order valence-corrected chi connectivity index (χ2v) is 29.9. The molecule has 628 valence electrons. The second kappa shape index (κ2) is 41.6. The zero-order valence-electron chi connectivity index (χ0n) is 67.6. The Morgan fingerprint density at radius 1 is 0.311 bits per heavy atom. The number of urea groups is 3. The number of anilines is 10. The highest BCUT2D eigenvalue weighted by Crippen LogP contribution is 2.34. The minimum Gasteiger partial charge on any atom is -0.354 e. The van der Waals surface area contributed by atoms with Crippen molar-refractivity contribution in [3.05, 3.63) is 277 Å². The van der Waals surface area contributed by atoms with Crippen LogP contribution in [0.3, 0.4) is 0 Å². The van der Waals surface area contributed by atoms with Gasteiger partial charge in [0.1, 0.15) is 58.2 Å². The number of aryl methyl sites for hydroxylation is 2. The normalized spacial score (nSPS) is 14.0. The molecule has 0 atom stereocenters. The van der Waals surface area contributed by atoms with E-state index >= 15 is 8.78 Å². The summed E-state index contributed by atoms with van der Waals surface area (Å²) in [7, 11) is 0. The molecular formula is C94H97F6N19O3. The molecule has 4 aliphatic heterocycles. The molecule has 0 aliphatic carbocycles. The molecule has 4 aliphatic rings. The summed E-state index contributed by atoms with van der Waals surface area (Å²) < 4.78 is 89.5. The van der Waals surface area contributed by atoms with Crippen LogP contribution in [0.5, 0.6) is 0 Å². The monoisotopic (exact) mass is 1650 g/mol. The van der Waals surface area contributed by atoms with E-state index in [2.05, 4.69) is 112 Å². The Hall–Kier alpha value is -13.3. The molecule has 8 aromatic carbocycles. The van der Waals surface area contributed by atoms with Crippen LogP contribution in [-0.2, 0) is 12.8 Å². The van der Waals surface area contributed by atoms with E-state index in [4.69, 9.17) is 5.73 Å². The maximum absolute atomic E-state index is 15.0. The van der Waals surface area contributed by atoms with Gasteiger partial charge in [-0.25, -0.2) is 60.7 Å². The minimum absolute atomic E-state index is 0.00598. The summed E-state index contributed by atoms with van der Waals surface area (Å²) in [5.74, 6) is -0.115. The average Bonchev–Trinajstić information content (AvgIpc) is 0.863. The molecule has 0 unspecified atom stereocenters.